The zero-order chi connectivity index (χ0) is 25.5. The molecule has 2 aromatic heterocycles. The zero-order valence-corrected chi connectivity index (χ0v) is 21.2. The molecule has 0 radical (unpaired) electrons. The number of benzene rings is 2. The number of methoxy groups -OCH3 is 1. The van der Waals surface area contributed by atoms with E-state index >= 15 is 0 Å². The molecule has 188 valence electrons. The molecule has 4 rings (SSSR count). The van der Waals surface area contributed by atoms with Crippen LogP contribution in [0.15, 0.2) is 54.6 Å². The summed E-state index contributed by atoms with van der Waals surface area (Å²) in [6.45, 7) is 4.94. The number of aromatic nitrogens is 4. The van der Waals surface area contributed by atoms with E-state index in [1.54, 1.807) is 25.4 Å². The fourth-order valence-corrected chi connectivity index (χ4v) is 4.71. The third kappa shape index (κ3) is 6.34. The third-order valence-electron chi connectivity index (χ3n) is 5.50. The predicted molar refractivity (Wildman–Crippen MR) is 136 cm³/mol. The van der Waals surface area contributed by atoms with Crippen molar-refractivity contribution >= 4 is 17.3 Å². The van der Waals surface area contributed by atoms with Gasteiger partial charge in [0, 0.05) is 35.5 Å². The van der Waals surface area contributed by atoms with E-state index in [1.807, 2.05) is 48.5 Å². The molecule has 1 atom stereocenters. The van der Waals surface area contributed by atoms with Crippen LogP contribution >= 0.6 is 11.3 Å². The number of hydrogen-bond acceptors (Lipinski definition) is 8. The molecule has 1 N–H and O–H groups in total. The lowest BCUT2D eigenvalue weighted by Crippen LogP contribution is -2.26. The first kappa shape index (κ1) is 25.5. The lowest BCUT2D eigenvalue weighted by Gasteiger charge is -2.13. The van der Waals surface area contributed by atoms with E-state index in [0.717, 1.165) is 32.2 Å². The predicted octanol–water partition coefficient (Wildman–Crippen LogP) is 4.59. The molecule has 0 amide bonds. The molecular weight excluding hydrogens is 480 g/mol. The van der Waals surface area contributed by atoms with E-state index in [9.17, 15) is 9.90 Å². The molecular formula is C26H28N4O5S. The number of carboxylic acid groups (broad SMARTS) is 1. The first-order valence-corrected chi connectivity index (χ1v) is 12.3. The summed E-state index contributed by atoms with van der Waals surface area (Å²) < 4.78 is 16.3. The number of carbonyl (C=O) groups is 1. The largest absolute Gasteiger partial charge is 0.488 e. The Kier molecular flexibility index (Phi) is 8.42. The minimum absolute atomic E-state index is 0.258. The number of carboxylic acids is 1. The van der Waals surface area contributed by atoms with Crippen LogP contribution < -0.4 is 4.74 Å². The molecule has 2 heterocycles. The van der Waals surface area contributed by atoms with Gasteiger partial charge in [-0.25, -0.2) is 4.79 Å². The van der Waals surface area contributed by atoms with Crippen molar-refractivity contribution in [3.05, 3.63) is 70.6 Å². The second-order valence-electron chi connectivity index (χ2n) is 8.12. The second kappa shape index (κ2) is 11.9. The molecule has 0 saturated carbocycles. The lowest BCUT2D eigenvalue weighted by atomic mass is 10.1. The van der Waals surface area contributed by atoms with Gasteiger partial charge in [-0.15, -0.1) is 26.3 Å². The number of tetrazole rings is 1. The highest BCUT2D eigenvalue weighted by molar-refractivity contribution is 7.15. The fraction of sp³-hybridized carbons (Fsp3) is 0.308. The van der Waals surface area contributed by atoms with Crippen LogP contribution in [0.3, 0.4) is 0 Å². The average Bonchev–Trinajstić information content (AvgIpc) is 3.50. The molecule has 0 fully saturated rings. The fourth-order valence-electron chi connectivity index (χ4n) is 3.62. The monoisotopic (exact) mass is 508 g/mol. The molecule has 10 heteroatoms. The third-order valence-corrected chi connectivity index (χ3v) is 6.76. The highest BCUT2D eigenvalue weighted by Gasteiger charge is 2.18. The topological polar surface area (TPSA) is 109 Å². The van der Waals surface area contributed by atoms with Crippen molar-refractivity contribution in [2.24, 2.45) is 0 Å². The van der Waals surface area contributed by atoms with E-state index in [2.05, 4.69) is 28.4 Å². The molecule has 36 heavy (non-hydrogen) atoms. The summed E-state index contributed by atoms with van der Waals surface area (Å²) in [7, 11) is 1.58. The molecule has 4 aromatic rings. The average molecular weight is 509 g/mol. The normalized spacial score (nSPS) is 12.0. The van der Waals surface area contributed by atoms with Gasteiger partial charge in [-0.3, -0.25) is 0 Å². The molecule has 0 unspecified atom stereocenters. The Morgan fingerprint density at radius 3 is 2.50 bits per heavy atom. The highest BCUT2D eigenvalue weighted by Crippen LogP contribution is 2.33. The van der Waals surface area contributed by atoms with E-state index in [1.165, 1.54) is 10.4 Å². The van der Waals surface area contributed by atoms with Gasteiger partial charge in [0.2, 0.25) is 5.82 Å². The molecule has 2 aromatic carbocycles. The van der Waals surface area contributed by atoms with Crippen molar-refractivity contribution in [3.63, 3.8) is 0 Å². The van der Waals surface area contributed by atoms with E-state index in [0.29, 0.717) is 25.5 Å². The Morgan fingerprint density at radius 1 is 1.11 bits per heavy atom. The molecule has 0 spiro atoms. The summed E-state index contributed by atoms with van der Waals surface area (Å²) in [5.74, 6) is 0.328. The van der Waals surface area contributed by atoms with Crippen molar-refractivity contribution in [3.8, 4) is 27.6 Å². The van der Waals surface area contributed by atoms with Gasteiger partial charge < -0.3 is 19.3 Å². The van der Waals surface area contributed by atoms with Gasteiger partial charge in [0.1, 0.15) is 12.4 Å². The van der Waals surface area contributed by atoms with Crippen LogP contribution in [-0.4, -0.2) is 51.1 Å². The van der Waals surface area contributed by atoms with Crippen LogP contribution in [0.25, 0.3) is 21.8 Å². The summed E-state index contributed by atoms with van der Waals surface area (Å²) in [4.78, 5) is 15.0. The van der Waals surface area contributed by atoms with Gasteiger partial charge in [-0.2, -0.15) is 0 Å². The van der Waals surface area contributed by atoms with Crippen LogP contribution in [0.4, 0.5) is 0 Å². The number of aryl methyl sites for hydroxylation is 1. The Hall–Kier alpha value is -3.60. The summed E-state index contributed by atoms with van der Waals surface area (Å²) >= 11 is 1.69. The number of ether oxygens (including phenoxy) is 3. The molecule has 0 aliphatic rings. The van der Waals surface area contributed by atoms with Gasteiger partial charge in [0.05, 0.1) is 0 Å². The van der Waals surface area contributed by atoms with Crippen molar-refractivity contribution in [1.82, 2.24) is 20.2 Å². The number of rotatable bonds is 12. The van der Waals surface area contributed by atoms with Gasteiger partial charge in [-0.1, -0.05) is 36.4 Å². The number of nitrogens with zero attached hydrogens (tertiary/aromatic N) is 4. The molecule has 0 saturated heterocycles. The maximum absolute atomic E-state index is 11.3. The molecule has 0 bridgehead atoms. The Morgan fingerprint density at radius 2 is 1.83 bits per heavy atom. The van der Waals surface area contributed by atoms with E-state index in [-0.39, 0.29) is 6.73 Å². The van der Waals surface area contributed by atoms with Crippen LogP contribution in [0.1, 0.15) is 22.9 Å². The smallest absolute Gasteiger partial charge is 0.333 e. The maximum Gasteiger partial charge on any atom is 0.333 e. The lowest BCUT2D eigenvalue weighted by molar-refractivity contribution is -0.149. The van der Waals surface area contributed by atoms with Crippen molar-refractivity contribution in [2.45, 2.75) is 39.7 Å². The minimum atomic E-state index is -0.956. The van der Waals surface area contributed by atoms with Crippen LogP contribution in [0.2, 0.25) is 0 Å². The first-order chi connectivity index (χ1) is 17.5. The van der Waals surface area contributed by atoms with Crippen LogP contribution in [0.5, 0.6) is 5.75 Å². The molecule has 0 aliphatic heterocycles. The number of aliphatic carboxylic acids is 1. The highest BCUT2D eigenvalue weighted by atomic mass is 32.1. The van der Waals surface area contributed by atoms with Gasteiger partial charge in [0.15, 0.2) is 12.8 Å². The van der Waals surface area contributed by atoms with Crippen molar-refractivity contribution in [1.29, 1.82) is 0 Å². The van der Waals surface area contributed by atoms with Gasteiger partial charge in [-0.05, 0) is 54.0 Å². The summed E-state index contributed by atoms with van der Waals surface area (Å²) in [5, 5.41) is 21.6. The second-order valence-corrected chi connectivity index (χ2v) is 9.25. The van der Waals surface area contributed by atoms with E-state index in [4.69, 9.17) is 14.2 Å². The van der Waals surface area contributed by atoms with Crippen LogP contribution in [0, 0.1) is 6.92 Å². The van der Waals surface area contributed by atoms with Crippen molar-refractivity contribution in [2.75, 3.05) is 13.7 Å². The zero-order valence-electron chi connectivity index (χ0n) is 20.4. The SMILES string of the molecule is CCO[C@@H](Cc1ccc(OCc2sc(-c3ccc(-c4nnn(COC)n4)cc3)cc2C)cc1)C(=O)O. The maximum atomic E-state index is 11.3. The van der Waals surface area contributed by atoms with Crippen molar-refractivity contribution < 1.29 is 24.1 Å². The Labute approximate surface area is 213 Å². The molecule has 9 nitrogen and oxygen atoms in total. The van der Waals surface area contributed by atoms with E-state index < -0.39 is 12.1 Å². The molecule has 0 aliphatic carbocycles. The first-order valence-electron chi connectivity index (χ1n) is 11.5. The number of thiophene rings is 1. The van der Waals surface area contributed by atoms with Crippen LogP contribution in [-0.2, 0) is 34.0 Å². The Balaban J connectivity index is 1.37. The standard InChI is InChI=1S/C26H28N4O5S/c1-4-34-22(26(31)32)14-18-5-11-21(12-6-18)35-15-24-17(2)13-23(36-24)19-7-9-20(10-8-19)25-27-29-30(28-25)16-33-3/h5-13,22H,4,14-16H2,1-3H3,(H,31,32)/t22-/m0/s1. The summed E-state index contributed by atoms with van der Waals surface area (Å²) in [6, 6.07) is 17.7. The Bertz CT molecular complexity index is 1280. The summed E-state index contributed by atoms with van der Waals surface area (Å²) in [5.41, 5.74) is 4.05. The summed E-state index contributed by atoms with van der Waals surface area (Å²) in [6.07, 6.45) is -0.527. The minimum Gasteiger partial charge on any atom is -0.488 e. The number of hydrogen-bond donors (Lipinski definition) is 1. The van der Waals surface area contributed by atoms with Gasteiger partial charge in [0.25, 0.3) is 0 Å². The van der Waals surface area contributed by atoms with Gasteiger partial charge >= 0.3 is 5.97 Å². The quantitative estimate of drug-likeness (QED) is 0.296.